The zero-order valence-corrected chi connectivity index (χ0v) is 16.6. The molecule has 0 atom stereocenters. The summed E-state index contributed by atoms with van der Waals surface area (Å²) < 4.78 is 15.2. The zero-order valence-electron chi connectivity index (χ0n) is 16.6. The quantitative estimate of drug-likeness (QED) is 0.648. The molecule has 1 N–H and O–H groups in total. The van der Waals surface area contributed by atoms with Gasteiger partial charge in [-0.1, -0.05) is 18.2 Å². The highest BCUT2D eigenvalue weighted by atomic mass is 16.5. The van der Waals surface area contributed by atoms with Crippen LogP contribution in [-0.2, 0) is 14.3 Å². The SMILES string of the molecule is CCN(C(=O)COC(=O)CNC(=O)c1cc(OC)cc(OC)c1)c1ccccc1. The van der Waals surface area contributed by atoms with Crippen LogP contribution in [0, 0.1) is 0 Å². The van der Waals surface area contributed by atoms with Gasteiger partial charge in [-0.2, -0.15) is 0 Å². The molecule has 8 nitrogen and oxygen atoms in total. The van der Waals surface area contributed by atoms with Crippen LogP contribution in [0.25, 0.3) is 0 Å². The summed E-state index contributed by atoms with van der Waals surface area (Å²) in [6.07, 6.45) is 0. The highest BCUT2D eigenvalue weighted by molar-refractivity contribution is 5.97. The number of hydrogen-bond donors (Lipinski definition) is 1. The molecule has 8 heteroatoms. The van der Waals surface area contributed by atoms with Crippen LogP contribution >= 0.6 is 0 Å². The van der Waals surface area contributed by atoms with Gasteiger partial charge in [-0.05, 0) is 31.2 Å². The fraction of sp³-hybridized carbons (Fsp3) is 0.286. The molecular formula is C21H24N2O6. The molecule has 0 spiro atoms. The highest BCUT2D eigenvalue weighted by Crippen LogP contribution is 2.22. The van der Waals surface area contributed by atoms with E-state index < -0.39 is 18.5 Å². The van der Waals surface area contributed by atoms with E-state index in [1.54, 1.807) is 18.2 Å². The fourth-order valence-corrected chi connectivity index (χ4v) is 2.58. The van der Waals surface area contributed by atoms with E-state index in [9.17, 15) is 14.4 Å². The van der Waals surface area contributed by atoms with Gasteiger partial charge in [-0.15, -0.1) is 0 Å². The number of anilines is 1. The number of benzene rings is 2. The molecule has 0 fully saturated rings. The summed E-state index contributed by atoms with van der Waals surface area (Å²) in [6, 6.07) is 13.8. The van der Waals surface area contributed by atoms with Crippen molar-refractivity contribution in [2.75, 3.05) is 38.8 Å². The Morgan fingerprint density at radius 3 is 2.14 bits per heavy atom. The van der Waals surface area contributed by atoms with Crippen LogP contribution < -0.4 is 19.7 Å². The molecular weight excluding hydrogens is 376 g/mol. The molecule has 0 unspecified atom stereocenters. The molecule has 0 aliphatic carbocycles. The summed E-state index contributed by atoms with van der Waals surface area (Å²) in [5, 5.41) is 2.45. The molecule has 0 saturated carbocycles. The van der Waals surface area contributed by atoms with E-state index in [1.807, 2.05) is 25.1 Å². The van der Waals surface area contributed by atoms with Gasteiger partial charge < -0.3 is 24.4 Å². The number of esters is 1. The van der Waals surface area contributed by atoms with Crippen LogP contribution in [0.3, 0.4) is 0 Å². The summed E-state index contributed by atoms with van der Waals surface area (Å²) >= 11 is 0. The third-order valence-corrected chi connectivity index (χ3v) is 4.05. The third kappa shape index (κ3) is 6.24. The van der Waals surface area contributed by atoms with Crippen LogP contribution in [0.1, 0.15) is 17.3 Å². The van der Waals surface area contributed by atoms with E-state index in [-0.39, 0.29) is 18.0 Å². The summed E-state index contributed by atoms with van der Waals surface area (Å²) in [5.74, 6) is -0.669. The molecule has 2 aromatic carbocycles. The standard InChI is InChI=1S/C21H24N2O6/c1-4-23(16-8-6-5-7-9-16)19(24)14-29-20(25)13-22-21(26)15-10-17(27-2)12-18(11-15)28-3/h5-12H,4,13-14H2,1-3H3,(H,22,26). The Morgan fingerprint density at radius 2 is 1.59 bits per heavy atom. The lowest BCUT2D eigenvalue weighted by molar-refractivity contribution is -0.146. The number of rotatable bonds is 9. The number of nitrogens with zero attached hydrogens (tertiary/aromatic N) is 1. The maximum absolute atomic E-state index is 12.3. The minimum atomic E-state index is -0.717. The summed E-state index contributed by atoms with van der Waals surface area (Å²) in [4.78, 5) is 38.0. The molecule has 2 amide bonds. The van der Waals surface area contributed by atoms with Gasteiger partial charge in [0.05, 0.1) is 14.2 Å². The van der Waals surface area contributed by atoms with Crippen LogP contribution in [0.5, 0.6) is 11.5 Å². The first-order valence-corrected chi connectivity index (χ1v) is 9.00. The van der Waals surface area contributed by atoms with Crippen LogP contribution in [0.2, 0.25) is 0 Å². The fourth-order valence-electron chi connectivity index (χ4n) is 2.58. The van der Waals surface area contributed by atoms with E-state index in [2.05, 4.69) is 5.32 Å². The van der Waals surface area contributed by atoms with Crippen molar-refractivity contribution < 1.29 is 28.6 Å². The third-order valence-electron chi connectivity index (χ3n) is 4.05. The Hall–Kier alpha value is -3.55. The molecule has 0 heterocycles. The first-order chi connectivity index (χ1) is 14.0. The molecule has 2 aromatic rings. The number of hydrogen-bond acceptors (Lipinski definition) is 6. The predicted molar refractivity (Wildman–Crippen MR) is 107 cm³/mol. The van der Waals surface area contributed by atoms with Crippen molar-refractivity contribution in [2.45, 2.75) is 6.92 Å². The monoisotopic (exact) mass is 400 g/mol. The molecule has 0 saturated heterocycles. The lowest BCUT2D eigenvalue weighted by Gasteiger charge is -2.20. The van der Waals surface area contributed by atoms with Crippen molar-refractivity contribution in [1.29, 1.82) is 0 Å². The lowest BCUT2D eigenvalue weighted by Crippen LogP contribution is -2.36. The largest absolute Gasteiger partial charge is 0.497 e. The topological polar surface area (TPSA) is 94.2 Å². The van der Waals surface area contributed by atoms with Gasteiger partial charge in [-0.25, -0.2) is 0 Å². The number of amides is 2. The van der Waals surface area contributed by atoms with Crippen molar-refractivity contribution in [1.82, 2.24) is 5.32 Å². The van der Waals surface area contributed by atoms with E-state index in [4.69, 9.17) is 14.2 Å². The van der Waals surface area contributed by atoms with Gasteiger partial charge in [0.1, 0.15) is 18.0 Å². The second kappa shape index (κ2) is 10.7. The van der Waals surface area contributed by atoms with Crippen LogP contribution in [0.4, 0.5) is 5.69 Å². The second-order valence-corrected chi connectivity index (χ2v) is 5.92. The van der Waals surface area contributed by atoms with E-state index in [1.165, 1.54) is 31.3 Å². The van der Waals surface area contributed by atoms with Crippen molar-refractivity contribution in [2.24, 2.45) is 0 Å². The normalized spacial score (nSPS) is 10.0. The number of ether oxygens (including phenoxy) is 3. The first kappa shape index (κ1) is 21.7. The van der Waals surface area contributed by atoms with Gasteiger partial charge in [0.25, 0.3) is 11.8 Å². The molecule has 154 valence electrons. The number of methoxy groups -OCH3 is 2. The van der Waals surface area contributed by atoms with E-state index in [0.717, 1.165) is 5.69 Å². The smallest absolute Gasteiger partial charge is 0.325 e. The second-order valence-electron chi connectivity index (χ2n) is 5.92. The molecule has 0 aliphatic rings. The molecule has 2 rings (SSSR count). The number of likely N-dealkylation sites (N-methyl/N-ethyl adjacent to an activating group) is 1. The van der Waals surface area contributed by atoms with Gasteiger partial charge in [0, 0.05) is 23.9 Å². The average Bonchev–Trinajstić information content (AvgIpc) is 2.76. The maximum Gasteiger partial charge on any atom is 0.325 e. The number of nitrogens with one attached hydrogen (secondary N) is 1. The highest BCUT2D eigenvalue weighted by Gasteiger charge is 2.17. The Morgan fingerprint density at radius 1 is 0.966 bits per heavy atom. The molecule has 29 heavy (non-hydrogen) atoms. The first-order valence-electron chi connectivity index (χ1n) is 9.00. The maximum atomic E-state index is 12.3. The van der Waals surface area contributed by atoms with Gasteiger partial charge in [-0.3, -0.25) is 14.4 Å². The number of para-hydroxylation sites is 1. The number of carbonyl (C=O) groups is 3. The summed E-state index contributed by atoms with van der Waals surface area (Å²) in [7, 11) is 2.94. The van der Waals surface area contributed by atoms with Gasteiger partial charge in [0.2, 0.25) is 0 Å². The van der Waals surface area contributed by atoms with Crippen LogP contribution in [-0.4, -0.2) is 51.7 Å². The van der Waals surface area contributed by atoms with E-state index >= 15 is 0 Å². The summed E-state index contributed by atoms with van der Waals surface area (Å²) in [6.45, 7) is 1.48. The lowest BCUT2D eigenvalue weighted by atomic mass is 10.2. The Balaban J connectivity index is 1.86. The van der Waals surface area contributed by atoms with Crippen molar-refractivity contribution in [3.05, 3.63) is 54.1 Å². The molecule has 0 radical (unpaired) electrons. The van der Waals surface area contributed by atoms with Crippen molar-refractivity contribution in [3.8, 4) is 11.5 Å². The van der Waals surface area contributed by atoms with Crippen LogP contribution in [0.15, 0.2) is 48.5 Å². The van der Waals surface area contributed by atoms with Crippen molar-refractivity contribution >= 4 is 23.5 Å². The predicted octanol–water partition coefficient (Wildman–Crippen LogP) is 2.03. The summed E-state index contributed by atoms with van der Waals surface area (Å²) in [5.41, 5.74) is 0.989. The average molecular weight is 400 g/mol. The Bertz CT molecular complexity index is 831. The van der Waals surface area contributed by atoms with Crippen molar-refractivity contribution in [3.63, 3.8) is 0 Å². The van der Waals surface area contributed by atoms with Gasteiger partial charge in [0.15, 0.2) is 6.61 Å². The minimum absolute atomic E-state index is 0.270. The Labute approximate surface area is 169 Å². The molecule has 0 aromatic heterocycles. The molecule has 0 aliphatic heterocycles. The van der Waals surface area contributed by atoms with Gasteiger partial charge >= 0.3 is 5.97 Å². The molecule has 0 bridgehead atoms. The zero-order chi connectivity index (χ0) is 21.2. The minimum Gasteiger partial charge on any atom is -0.497 e. The van der Waals surface area contributed by atoms with E-state index in [0.29, 0.717) is 18.0 Å². The Kier molecular flexibility index (Phi) is 8.02. The number of carbonyl (C=O) groups excluding carboxylic acids is 3.